The van der Waals surface area contributed by atoms with Crippen LogP contribution in [-0.2, 0) is 11.3 Å². The number of pyridine rings is 1. The summed E-state index contributed by atoms with van der Waals surface area (Å²) in [5, 5.41) is 3.04. The summed E-state index contributed by atoms with van der Waals surface area (Å²) in [6.45, 7) is 8.23. The van der Waals surface area contributed by atoms with Crippen LogP contribution in [0, 0.1) is 6.92 Å². The average Bonchev–Trinajstić information content (AvgIpc) is 3.06. The van der Waals surface area contributed by atoms with Crippen molar-refractivity contribution in [1.29, 1.82) is 0 Å². The van der Waals surface area contributed by atoms with E-state index >= 15 is 0 Å². The Morgan fingerprint density at radius 3 is 2.68 bits per heavy atom. The van der Waals surface area contributed by atoms with Crippen molar-refractivity contribution in [2.75, 3.05) is 38.1 Å². The first-order valence-electron chi connectivity index (χ1n) is 8.71. The topological polar surface area (TPSA) is 66.3 Å². The van der Waals surface area contributed by atoms with E-state index in [1.165, 1.54) is 0 Å². The first-order chi connectivity index (χ1) is 12.1. The average molecular weight is 342 g/mol. The summed E-state index contributed by atoms with van der Waals surface area (Å²) >= 11 is 0. The number of anilines is 1. The van der Waals surface area contributed by atoms with Gasteiger partial charge in [-0.1, -0.05) is 6.07 Å². The third kappa shape index (κ3) is 3.99. The van der Waals surface area contributed by atoms with Gasteiger partial charge in [-0.2, -0.15) is 0 Å². The van der Waals surface area contributed by atoms with Crippen molar-refractivity contribution in [1.82, 2.24) is 24.8 Å². The van der Waals surface area contributed by atoms with Gasteiger partial charge in [0, 0.05) is 56.9 Å². The third-order valence-corrected chi connectivity index (χ3v) is 4.78. The summed E-state index contributed by atoms with van der Waals surface area (Å²) in [5.74, 6) is 1.79. The first kappa shape index (κ1) is 17.4. The van der Waals surface area contributed by atoms with E-state index in [1.807, 2.05) is 42.9 Å². The highest BCUT2D eigenvalue weighted by molar-refractivity contribution is 5.80. The van der Waals surface area contributed by atoms with E-state index in [0.717, 1.165) is 43.4 Å². The lowest BCUT2D eigenvalue weighted by Gasteiger charge is -2.34. The summed E-state index contributed by atoms with van der Waals surface area (Å²) < 4.78 is 1.87. The maximum Gasteiger partial charge on any atom is 0.243 e. The molecule has 0 aliphatic carbocycles. The molecule has 134 valence electrons. The zero-order valence-electron chi connectivity index (χ0n) is 15.1. The summed E-state index contributed by atoms with van der Waals surface area (Å²) in [4.78, 5) is 25.8. The van der Waals surface area contributed by atoms with Crippen LogP contribution in [0.15, 0.2) is 30.7 Å². The number of hydrogen-bond donors (Lipinski definition) is 1. The predicted molar refractivity (Wildman–Crippen MR) is 97.5 cm³/mol. The van der Waals surface area contributed by atoms with Gasteiger partial charge in [-0.25, -0.2) is 9.97 Å². The maximum atomic E-state index is 12.5. The van der Waals surface area contributed by atoms with E-state index in [0.29, 0.717) is 6.54 Å². The van der Waals surface area contributed by atoms with E-state index < -0.39 is 0 Å². The number of likely N-dealkylation sites (N-methyl/N-ethyl adjacent to an activating group) is 1. The highest BCUT2D eigenvalue weighted by Gasteiger charge is 2.20. The lowest BCUT2D eigenvalue weighted by Crippen LogP contribution is -2.45. The monoisotopic (exact) mass is 342 g/mol. The molecule has 3 heterocycles. The number of carbonyl (C=O) groups excluding carboxylic acids is 1. The number of aryl methyl sites for hydroxylation is 1. The van der Waals surface area contributed by atoms with E-state index in [4.69, 9.17) is 0 Å². The summed E-state index contributed by atoms with van der Waals surface area (Å²) in [7, 11) is 2.14. The molecule has 0 radical (unpaired) electrons. The number of hydrogen-bond acceptors (Lipinski definition) is 5. The number of imidazole rings is 1. The van der Waals surface area contributed by atoms with Crippen molar-refractivity contribution in [3.63, 3.8) is 0 Å². The molecule has 7 nitrogen and oxygen atoms in total. The van der Waals surface area contributed by atoms with Crippen LogP contribution >= 0.6 is 0 Å². The molecular formula is C18H26N6O. The minimum Gasteiger partial charge on any atom is -0.354 e. The molecule has 1 amide bonds. The minimum atomic E-state index is -0.286. The second-order valence-electron chi connectivity index (χ2n) is 6.55. The largest absolute Gasteiger partial charge is 0.354 e. The molecule has 1 aliphatic heterocycles. The predicted octanol–water partition coefficient (Wildman–Crippen LogP) is 1.22. The Kier molecular flexibility index (Phi) is 5.33. The van der Waals surface area contributed by atoms with Crippen molar-refractivity contribution in [2.24, 2.45) is 0 Å². The molecule has 7 heteroatoms. The van der Waals surface area contributed by atoms with Crippen LogP contribution in [0.1, 0.15) is 24.4 Å². The van der Waals surface area contributed by atoms with Crippen molar-refractivity contribution >= 4 is 11.7 Å². The molecule has 0 unspecified atom stereocenters. The second kappa shape index (κ2) is 7.65. The van der Waals surface area contributed by atoms with Gasteiger partial charge in [-0.05, 0) is 27.0 Å². The fraction of sp³-hybridized carbons (Fsp3) is 0.500. The highest BCUT2D eigenvalue weighted by Crippen LogP contribution is 2.19. The Hall–Kier alpha value is -2.41. The van der Waals surface area contributed by atoms with Gasteiger partial charge in [0.15, 0.2) is 0 Å². The van der Waals surface area contributed by atoms with E-state index in [2.05, 4.69) is 32.1 Å². The molecule has 1 atom stereocenters. The van der Waals surface area contributed by atoms with Crippen LogP contribution in [-0.4, -0.2) is 58.6 Å². The summed E-state index contributed by atoms with van der Waals surface area (Å²) in [6, 6.07) is 3.67. The van der Waals surface area contributed by atoms with E-state index in [9.17, 15) is 4.79 Å². The molecule has 25 heavy (non-hydrogen) atoms. The fourth-order valence-electron chi connectivity index (χ4n) is 3.12. The fourth-order valence-corrected chi connectivity index (χ4v) is 3.12. The molecule has 1 aliphatic rings. The molecule has 2 aromatic rings. The quantitative estimate of drug-likeness (QED) is 0.885. The van der Waals surface area contributed by atoms with Crippen molar-refractivity contribution in [2.45, 2.75) is 26.4 Å². The number of nitrogens with one attached hydrogen (secondary N) is 1. The number of carbonyl (C=O) groups is 1. The Balaban J connectivity index is 1.65. The molecule has 3 rings (SSSR count). The van der Waals surface area contributed by atoms with Crippen LogP contribution in [0.4, 0.5) is 5.82 Å². The van der Waals surface area contributed by atoms with Crippen molar-refractivity contribution in [3.8, 4) is 0 Å². The van der Waals surface area contributed by atoms with Crippen LogP contribution in [0.5, 0.6) is 0 Å². The SMILES string of the molecule is Cc1nccn1[C@@H](C)C(=O)NCc1cccnc1N1CCN(C)CC1. The summed E-state index contributed by atoms with van der Waals surface area (Å²) in [5.41, 5.74) is 1.05. The zero-order chi connectivity index (χ0) is 17.8. The van der Waals surface area contributed by atoms with E-state index in [1.54, 1.807) is 6.20 Å². The minimum absolute atomic E-state index is 0.0192. The molecule has 1 N–H and O–H groups in total. The molecule has 0 aromatic carbocycles. The number of aromatic nitrogens is 3. The van der Waals surface area contributed by atoms with Gasteiger partial charge in [0.25, 0.3) is 0 Å². The van der Waals surface area contributed by atoms with Gasteiger partial charge < -0.3 is 19.7 Å². The molecule has 0 saturated carbocycles. The first-order valence-corrected chi connectivity index (χ1v) is 8.71. The van der Waals surface area contributed by atoms with Gasteiger partial charge >= 0.3 is 0 Å². The number of rotatable bonds is 5. The van der Waals surface area contributed by atoms with Gasteiger partial charge in [0.05, 0.1) is 0 Å². The Morgan fingerprint density at radius 2 is 2.00 bits per heavy atom. The van der Waals surface area contributed by atoms with Gasteiger partial charge in [0.1, 0.15) is 17.7 Å². The lowest BCUT2D eigenvalue weighted by atomic mass is 10.2. The Bertz CT molecular complexity index is 720. The normalized spacial score (nSPS) is 16.7. The molecule has 2 aromatic heterocycles. The smallest absolute Gasteiger partial charge is 0.243 e. The second-order valence-corrected chi connectivity index (χ2v) is 6.55. The Labute approximate surface area is 148 Å². The molecule has 0 bridgehead atoms. The van der Waals surface area contributed by atoms with Crippen molar-refractivity contribution < 1.29 is 4.79 Å². The van der Waals surface area contributed by atoms with Gasteiger partial charge in [-0.3, -0.25) is 4.79 Å². The van der Waals surface area contributed by atoms with Crippen LogP contribution in [0.25, 0.3) is 0 Å². The number of amides is 1. The van der Waals surface area contributed by atoms with Crippen molar-refractivity contribution in [3.05, 3.63) is 42.1 Å². The molecule has 0 spiro atoms. The molecule has 1 fully saturated rings. The van der Waals surface area contributed by atoms with Gasteiger partial charge in [-0.15, -0.1) is 0 Å². The maximum absolute atomic E-state index is 12.5. The van der Waals surface area contributed by atoms with E-state index in [-0.39, 0.29) is 11.9 Å². The zero-order valence-corrected chi connectivity index (χ0v) is 15.1. The number of nitrogens with zero attached hydrogens (tertiary/aromatic N) is 5. The Morgan fingerprint density at radius 1 is 1.24 bits per heavy atom. The molecular weight excluding hydrogens is 316 g/mol. The summed E-state index contributed by atoms with van der Waals surface area (Å²) in [6.07, 6.45) is 5.36. The standard InChI is InChI=1S/C18H26N6O/c1-14(24-8-7-19-15(24)2)18(25)21-13-16-5-4-6-20-17(16)23-11-9-22(3)10-12-23/h4-8,14H,9-13H2,1-3H3,(H,21,25)/t14-/m0/s1. The van der Waals surface area contributed by atoms with Crippen LogP contribution in [0.2, 0.25) is 0 Å². The van der Waals surface area contributed by atoms with Crippen LogP contribution in [0.3, 0.4) is 0 Å². The third-order valence-electron chi connectivity index (χ3n) is 4.78. The lowest BCUT2D eigenvalue weighted by molar-refractivity contribution is -0.124. The highest BCUT2D eigenvalue weighted by atomic mass is 16.2. The molecule has 1 saturated heterocycles. The number of piperazine rings is 1. The van der Waals surface area contributed by atoms with Gasteiger partial charge in [0.2, 0.25) is 5.91 Å². The van der Waals surface area contributed by atoms with Crippen LogP contribution < -0.4 is 10.2 Å².